The first-order valence-electron chi connectivity index (χ1n) is 9.31. The van der Waals surface area contributed by atoms with Crippen molar-refractivity contribution < 1.29 is 9.13 Å². The van der Waals surface area contributed by atoms with Crippen LogP contribution in [0.15, 0.2) is 35.6 Å². The van der Waals surface area contributed by atoms with Gasteiger partial charge in [-0.15, -0.1) is 0 Å². The molecule has 1 aliphatic rings. The first-order chi connectivity index (χ1) is 13.3. The van der Waals surface area contributed by atoms with Gasteiger partial charge in [-0.3, -0.25) is 9.67 Å². The third-order valence-electron chi connectivity index (χ3n) is 5.02. The number of hydrogen-bond donors (Lipinski definition) is 1. The molecule has 1 saturated heterocycles. The van der Waals surface area contributed by atoms with Crippen LogP contribution in [-0.2, 0) is 17.2 Å². The Kier molecular flexibility index (Phi) is 6.25. The molecule has 1 aromatic carbocycles. The van der Waals surface area contributed by atoms with Gasteiger partial charge in [0.15, 0.2) is 5.96 Å². The lowest BCUT2D eigenvalue weighted by atomic mass is 9.84. The molecule has 1 fully saturated rings. The Bertz CT molecular complexity index is 851. The van der Waals surface area contributed by atoms with Crippen LogP contribution in [-0.4, -0.2) is 53.9 Å². The molecule has 3 rings (SSSR count). The monoisotopic (exact) mass is 407 g/mol. The normalized spacial score (nSPS) is 18.4. The fourth-order valence-electron chi connectivity index (χ4n) is 3.42. The molecular formula is C20H27ClFN5O. The highest BCUT2D eigenvalue weighted by atomic mass is 35.5. The maximum absolute atomic E-state index is 13.4. The van der Waals surface area contributed by atoms with E-state index in [1.54, 1.807) is 17.8 Å². The summed E-state index contributed by atoms with van der Waals surface area (Å²) in [5.41, 5.74) is 1.66. The van der Waals surface area contributed by atoms with Crippen molar-refractivity contribution >= 4 is 17.6 Å². The topological polar surface area (TPSA) is 54.7 Å². The maximum Gasteiger partial charge on any atom is 0.193 e. The summed E-state index contributed by atoms with van der Waals surface area (Å²) in [4.78, 5) is 6.62. The van der Waals surface area contributed by atoms with Crippen molar-refractivity contribution in [2.24, 2.45) is 12.0 Å². The molecular weight excluding hydrogens is 381 g/mol. The summed E-state index contributed by atoms with van der Waals surface area (Å²) in [5.74, 6) is 0.478. The van der Waals surface area contributed by atoms with E-state index in [0.717, 1.165) is 23.6 Å². The van der Waals surface area contributed by atoms with Crippen molar-refractivity contribution in [1.82, 2.24) is 20.0 Å². The Morgan fingerprint density at radius 2 is 2.25 bits per heavy atom. The zero-order valence-corrected chi connectivity index (χ0v) is 17.5. The molecule has 0 amide bonds. The van der Waals surface area contributed by atoms with Crippen molar-refractivity contribution in [1.29, 1.82) is 0 Å². The molecule has 28 heavy (non-hydrogen) atoms. The number of hydrogen-bond acceptors (Lipinski definition) is 3. The van der Waals surface area contributed by atoms with E-state index in [9.17, 15) is 4.39 Å². The Hall–Kier alpha value is -2.12. The van der Waals surface area contributed by atoms with Crippen LogP contribution in [0.5, 0.6) is 0 Å². The van der Waals surface area contributed by atoms with E-state index >= 15 is 0 Å². The first kappa shape index (κ1) is 20.6. The van der Waals surface area contributed by atoms with Gasteiger partial charge in [0.2, 0.25) is 0 Å². The van der Waals surface area contributed by atoms with Crippen LogP contribution in [0.3, 0.4) is 0 Å². The fourth-order valence-corrected chi connectivity index (χ4v) is 3.84. The number of aryl methyl sites for hydroxylation is 1. The summed E-state index contributed by atoms with van der Waals surface area (Å²) in [7, 11) is 3.67. The fraction of sp³-hybridized carbons (Fsp3) is 0.500. The first-order valence-corrected chi connectivity index (χ1v) is 9.69. The summed E-state index contributed by atoms with van der Waals surface area (Å²) in [6.45, 7) is 6.83. The van der Waals surface area contributed by atoms with E-state index in [0.29, 0.717) is 24.7 Å². The lowest BCUT2D eigenvalue weighted by Gasteiger charge is -2.36. The number of aliphatic imine (C=N–C) groups is 1. The molecule has 2 aromatic rings. The van der Waals surface area contributed by atoms with Crippen molar-refractivity contribution in [3.63, 3.8) is 0 Å². The van der Waals surface area contributed by atoms with E-state index < -0.39 is 0 Å². The van der Waals surface area contributed by atoms with Gasteiger partial charge in [0, 0.05) is 49.4 Å². The Labute approximate surface area is 170 Å². The van der Waals surface area contributed by atoms with Gasteiger partial charge in [0.1, 0.15) is 11.9 Å². The predicted molar refractivity (Wildman–Crippen MR) is 109 cm³/mol. The molecule has 0 spiro atoms. The Morgan fingerprint density at radius 1 is 1.46 bits per heavy atom. The third-order valence-corrected chi connectivity index (χ3v) is 5.34. The highest BCUT2D eigenvalue weighted by molar-refractivity contribution is 6.31. The summed E-state index contributed by atoms with van der Waals surface area (Å²) >= 11 is 6.27. The van der Waals surface area contributed by atoms with Gasteiger partial charge < -0.3 is 15.0 Å². The largest absolute Gasteiger partial charge is 0.370 e. The number of benzene rings is 1. The highest BCUT2D eigenvalue weighted by Gasteiger charge is 2.28. The van der Waals surface area contributed by atoms with Crippen molar-refractivity contribution in [2.75, 3.05) is 33.3 Å². The molecule has 0 saturated carbocycles. The Balaban J connectivity index is 1.66. The number of nitrogens with zero attached hydrogens (tertiary/aromatic N) is 4. The number of nitrogens with one attached hydrogen (secondary N) is 1. The second kappa shape index (κ2) is 8.49. The quantitative estimate of drug-likeness (QED) is 0.625. The standard InChI is InChI=1S/C20H27ClFN5O/c1-20(2,16-6-5-15(22)9-17(16)21)13-24-19(23-3)27-7-8-28-18(12-27)14-10-25-26(4)11-14/h5-6,9-11,18H,7-8,12-13H2,1-4H3,(H,23,24). The molecule has 0 bridgehead atoms. The average Bonchev–Trinajstić information content (AvgIpc) is 3.08. The van der Waals surface area contributed by atoms with Crippen LogP contribution in [0.25, 0.3) is 0 Å². The minimum absolute atomic E-state index is 0.0412. The van der Waals surface area contributed by atoms with Gasteiger partial charge in [-0.1, -0.05) is 31.5 Å². The number of halogens is 2. The molecule has 152 valence electrons. The lowest BCUT2D eigenvalue weighted by molar-refractivity contribution is -0.00808. The molecule has 6 nitrogen and oxygen atoms in total. The smallest absolute Gasteiger partial charge is 0.193 e. The molecule has 0 aliphatic carbocycles. The third kappa shape index (κ3) is 4.64. The van der Waals surface area contributed by atoms with E-state index in [1.165, 1.54) is 12.1 Å². The van der Waals surface area contributed by atoms with Gasteiger partial charge >= 0.3 is 0 Å². The summed E-state index contributed by atoms with van der Waals surface area (Å²) in [6, 6.07) is 4.54. The van der Waals surface area contributed by atoms with Gasteiger partial charge in [-0.05, 0) is 17.7 Å². The van der Waals surface area contributed by atoms with Crippen molar-refractivity contribution in [2.45, 2.75) is 25.4 Å². The molecule has 2 heterocycles. The second-order valence-corrected chi connectivity index (χ2v) is 8.07. The lowest BCUT2D eigenvalue weighted by Crippen LogP contribution is -2.50. The number of morpholine rings is 1. The van der Waals surface area contributed by atoms with E-state index in [4.69, 9.17) is 16.3 Å². The molecule has 1 aliphatic heterocycles. The minimum Gasteiger partial charge on any atom is -0.370 e. The highest BCUT2D eigenvalue weighted by Crippen LogP contribution is 2.30. The molecule has 1 N–H and O–H groups in total. The van der Waals surface area contributed by atoms with E-state index in [1.807, 2.05) is 19.4 Å². The number of rotatable bonds is 4. The van der Waals surface area contributed by atoms with Gasteiger partial charge in [-0.25, -0.2) is 4.39 Å². The number of ether oxygens (including phenoxy) is 1. The molecule has 8 heteroatoms. The zero-order chi connectivity index (χ0) is 20.3. The average molecular weight is 408 g/mol. The molecule has 0 radical (unpaired) electrons. The van der Waals surface area contributed by atoms with Gasteiger partial charge in [0.05, 0.1) is 19.3 Å². The summed E-state index contributed by atoms with van der Waals surface area (Å²) in [5, 5.41) is 8.11. The van der Waals surface area contributed by atoms with Crippen LogP contribution in [0, 0.1) is 5.82 Å². The summed E-state index contributed by atoms with van der Waals surface area (Å²) < 4.78 is 21.1. The zero-order valence-electron chi connectivity index (χ0n) is 16.7. The van der Waals surface area contributed by atoms with E-state index in [2.05, 4.69) is 34.2 Å². The van der Waals surface area contributed by atoms with Crippen LogP contribution in [0.1, 0.15) is 31.1 Å². The predicted octanol–water partition coefficient (Wildman–Crippen LogP) is 3.14. The molecule has 1 unspecified atom stereocenters. The number of aromatic nitrogens is 2. The SMILES string of the molecule is CN=C(NCC(C)(C)c1ccc(F)cc1Cl)N1CCOC(c2cnn(C)c2)C1. The molecule has 1 atom stereocenters. The molecule has 1 aromatic heterocycles. The van der Waals surface area contributed by atoms with Crippen LogP contribution >= 0.6 is 11.6 Å². The van der Waals surface area contributed by atoms with Crippen molar-refractivity contribution in [3.05, 3.63) is 52.6 Å². The number of guanidine groups is 1. The maximum atomic E-state index is 13.4. The summed E-state index contributed by atoms with van der Waals surface area (Å²) in [6.07, 6.45) is 3.77. The van der Waals surface area contributed by atoms with E-state index in [-0.39, 0.29) is 17.3 Å². The van der Waals surface area contributed by atoms with Crippen LogP contribution in [0.2, 0.25) is 5.02 Å². The Morgan fingerprint density at radius 3 is 2.89 bits per heavy atom. The van der Waals surface area contributed by atoms with Gasteiger partial charge in [0.25, 0.3) is 0 Å². The van der Waals surface area contributed by atoms with Crippen LogP contribution in [0.4, 0.5) is 4.39 Å². The van der Waals surface area contributed by atoms with Crippen LogP contribution < -0.4 is 5.32 Å². The van der Waals surface area contributed by atoms with Crippen molar-refractivity contribution in [3.8, 4) is 0 Å². The van der Waals surface area contributed by atoms with Gasteiger partial charge in [-0.2, -0.15) is 5.10 Å². The minimum atomic E-state index is -0.330. The second-order valence-electron chi connectivity index (χ2n) is 7.66.